The molecule has 0 fully saturated rings. The van der Waals surface area contributed by atoms with Gasteiger partial charge in [-0.3, -0.25) is 10.1 Å². The molecule has 13 heteroatoms. The summed E-state index contributed by atoms with van der Waals surface area (Å²) in [5.41, 5.74) is 0.562. The molecule has 3 aromatic heterocycles. The summed E-state index contributed by atoms with van der Waals surface area (Å²) in [4.78, 5) is 12.7. The van der Waals surface area contributed by atoms with Crippen molar-refractivity contribution in [3.05, 3.63) is 40.9 Å². The first-order chi connectivity index (χ1) is 15.7. The molecule has 1 unspecified atom stereocenters. The lowest BCUT2D eigenvalue weighted by Gasteiger charge is -2.17. The largest absolute Gasteiger partial charge is 0.474 e. The van der Waals surface area contributed by atoms with E-state index in [1.807, 2.05) is 13.8 Å². The van der Waals surface area contributed by atoms with Crippen LogP contribution in [0.2, 0.25) is 5.02 Å². The first-order valence-corrected chi connectivity index (χ1v) is 10.5. The number of rotatable bonds is 11. The number of pyridine rings is 1. The van der Waals surface area contributed by atoms with E-state index in [9.17, 15) is 9.50 Å². The van der Waals surface area contributed by atoms with E-state index in [1.54, 1.807) is 13.0 Å². The summed E-state index contributed by atoms with van der Waals surface area (Å²) in [5.74, 6) is 0.676. The molecule has 0 bridgehead atoms. The number of H-pyrrole nitrogens is 1. The maximum atomic E-state index is 13.2. The molecular formula is C20H25ClFN7O4. The van der Waals surface area contributed by atoms with Crippen LogP contribution in [0.15, 0.2) is 24.4 Å². The predicted molar refractivity (Wildman–Crippen MR) is 119 cm³/mol. The van der Waals surface area contributed by atoms with Gasteiger partial charge in [-0.15, -0.1) is 5.10 Å². The van der Waals surface area contributed by atoms with Crippen LogP contribution in [0.3, 0.4) is 0 Å². The molecule has 0 radical (unpaired) electrons. The average molecular weight is 482 g/mol. The van der Waals surface area contributed by atoms with Crippen molar-refractivity contribution < 1.29 is 24.1 Å². The number of aromatic amines is 1. The molecule has 5 N–H and O–H groups in total. The second kappa shape index (κ2) is 11.1. The van der Waals surface area contributed by atoms with Crippen molar-refractivity contribution in [2.45, 2.75) is 39.0 Å². The fraction of sp³-hybridized carbons (Fsp3) is 0.400. The highest BCUT2D eigenvalue weighted by Gasteiger charge is 2.19. The van der Waals surface area contributed by atoms with E-state index in [1.165, 1.54) is 12.1 Å². The zero-order chi connectivity index (χ0) is 24.0. The fourth-order valence-corrected chi connectivity index (χ4v) is 2.79. The molecular weight excluding hydrogens is 457 g/mol. The number of nitrogens with one attached hydrogen (secondary N) is 3. The first-order valence-electron chi connectivity index (χ1n) is 10.1. The van der Waals surface area contributed by atoms with E-state index in [0.717, 1.165) is 6.20 Å². The van der Waals surface area contributed by atoms with E-state index >= 15 is 0 Å². The number of aliphatic hydroxyl groups excluding tert-OH is 2. The molecule has 0 aliphatic heterocycles. The lowest BCUT2D eigenvalue weighted by molar-refractivity contribution is 0.0522. The molecule has 3 heterocycles. The molecule has 0 amide bonds. The Morgan fingerprint density at radius 1 is 1.24 bits per heavy atom. The molecule has 0 aliphatic carbocycles. The summed E-state index contributed by atoms with van der Waals surface area (Å²) in [6.45, 7) is 4.83. The van der Waals surface area contributed by atoms with Gasteiger partial charge < -0.3 is 30.3 Å². The second-order valence-electron chi connectivity index (χ2n) is 7.34. The Balaban J connectivity index is 1.86. The van der Waals surface area contributed by atoms with Gasteiger partial charge in [-0.1, -0.05) is 11.6 Å². The first kappa shape index (κ1) is 24.4. The molecule has 3 rings (SSSR count). The molecule has 0 aromatic carbocycles. The Kier molecular flexibility index (Phi) is 8.20. The van der Waals surface area contributed by atoms with E-state index < -0.39 is 18.5 Å². The Hall–Kier alpha value is -3.22. The molecule has 178 valence electrons. The maximum Gasteiger partial charge on any atom is 0.239 e. The topological polar surface area (TPSA) is 150 Å². The highest BCUT2D eigenvalue weighted by molar-refractivity contribution is 6.34. The van der Waals surface area contributed by atoms with Gasteiger partial charge in [-0.2, -0.15) is 9.97 Å². The van der Waals surface area contributed by atoms with Crippen molar-refractivity contribution in [2.75, 3.05) is 23.8 Å². The molecule has 0 spiro atoms. The molecule has 0 saturated carbocycles. The minimum absolute atomic E-state index is 0.0263. The number of anilines is 3. The third-order valence-corrected chi connectivity index (χ3v) is 4.49. The standard InChI is InChI=1S/C20H25ClFN7O4/c1-10(2)33-16-6-15(28-29-16)25-18-17(21)19(32-9-13(31)8-30)27-20(26-18)24-11(3)14-5-4-12(22)7-23-14/h4-7,10-11,13,30-31H,8-9H2,1-3H3,(H3,24,25,26,27,28,29)/t11-,13?/m0/s1. The van der Waals surface area contributed by atoms with Crippen LogP contribution in [0.1, 0.15) is 32.5 Å². The van der Waals surface area contributed by atoms with Crippen molar-refractivity contribution in [2.24, 2.45) is 0 Å². The summed E-state index contributed by atoms with van der Waals surface area (Å²) >= 11 is 6.42. The number of aliphatic hydroxyl groups is 2. The number of hydrogen-bond acceptors (Lipinski definition) is 10. The summed E-state index contributed by atoms with van der Waals surface area (Å²) in [6, 6.07) is 4.09. The minimum atomic E-state index is -1.12. The van der Waals surface area contributed by atoms with E-state index in [4.69, 9.17) is 26.2 Å². The summed E-state index contributed by atoms with van der Waals surface area (Å²) in [5, 5.41) is 31.6. The molecule has 11 nitrogen and oxygen atoms in total. The van der Waals surface area contributed by atoms with Crippen molar-refractivity contribution in [3.8, 4) is 11.8 Å². The van der Waals surface area contributed by atoms with Gasteiger partial charge in [-0.25, -0.2) is 4.39 Å². The van der Waals surface area contributed by atoms with Crippen LogP contribution in [0.5, 0.6) is 11.8 Å². The molecule has 0 aliphatic rings. The monoisotopic (exact) mass is 481 g/mol. The summed E-state index contributed by atoms with van der Waals surface area (Å²) in [6.07, 6.45) is -0.0584. The van der Waals surface area contributed by atoms with Crippen molar-refractivity contribution in [1.82, 2.24) is 25.1 Å². The number of aromatic nitrogens is 5. The number of nitrogens with zero attached hydrogens (tertiary/aromatic N) is 4. The van der Waals surface area contributed by atoms with Crippen molar-refractivity contribution in [1.29, 1.82) is 0 Å². The normalized spacial score (nSPS) is 13.0. The van der Waals surface area contributed by atoms with Crippen LogP contribution in [0, 0.1) is 5.82 Å². The van der Waals surface area contributed by atoms with E-state index in [2.05, 4.69) is 35.8 Å². The third-order valence-electron chi connectivity index (χ3n) is 4.15. The SMILES string of the molecule is CC(C)Oc1cc(Nc2nc(N[C@@H](C)c3ccc(F)cn3)nc(OCC(O)CO)c2Cl)[nH]n1. The van der Waals surface area contributed by atoms with Gasteiger partial charge >= 0.3 is 0 Å². The second-order valence-corrected chi connectivity index (χ2v) is 7.72. The summed E-state index contributed by atoms with van der Waals surface area (Å²) in [7, 11) is 0. The highest BCUT2D eigenvalue weighted by atomic mass is 35.5. The van der Waals surface area contributed by atoms with Gasteiger partial charge in [0.05, 0.1) is 30.6 Å². The Bertz CT molecular complexity index is 1050. The van der Waals surface area contributed by atoms with Crippen LogP contribution in [0.4, 0.5) is 22.0 Å². The van der Waals surface area contributed by atoms with Crippen molar-refractivity contribution in [3.63, 3.8) is 0 Å². The van der Waals surface area contributed by atoms with Crippen LogP contribution < -0.4 is 20.1 Å². The zero-order valence-electron chi connectivity index (χ0n) is 18.2. The van der Waals surface area contributed by atoms with Gasteiger partial charge in [0.25, 0.3) is 0 Å². The maximum absolute atomic E-state index is 13.2. The highest BCUT2D eigenvalue weighted by Crippen LogP contribution is 2.33. The lowest BCUT2D eigenvalue weighted by atomic mass is 10.2. The van der Waals surface area contributed by atoms with Crippen LogP contribution >= 0.6 is 11.6 Å². The lowest BCUT2D eigenvalue weighted by Crippen LogP contribution is -2.22. The van der Waals surface area contributed by atoms with Crippen molar-refractivity contribution >= 4 is 29.2 Å². The van der Waals surface area contributed by atoms with Gasteiger partial charge in [-0.05, 0) is 32.9 Å². The Morgan fingerprint density at radius 2 is 2.03 bits per heavy atom. The predicted octanol–water partition coefficient (Wildman–Crippen LogP) is 2.82. The molecule has 3 aromatic rings. The van der Waals surface area contributed by atoms with Crippen LogP contribution in [0.25, 0.3) is 0 Å². The van der Waals surface area contributed by atoms with E-state index in [-0.39, 0.29) is 41.4 Å². The smallest absolute Gasteiger partial charge is 0.239 e. The van der Waals surface area contributed by atoms with Crippen LogP contribution in [-0.2, 0) is 0 Å². The Morgan fingerprint density at radius 3 is 2.70 bits per heavy atom. The molecule has 33 heavy (non-hydrogen) atoms. The van der Waals surface area contributed by atoms with Crippen LogP contribution in [-0.4, -0.2) is 60.8 Å². The van der Waals surface area contributed by atoms with E-state index in [0.29, 0.717) is 17.4 Å². The minimum Gasteiger partial charge on any atom is -0.474 e. The third kappa shape index (κ3) is 6.88. The van der Waals surface area contributed by atoms with Gasteiger partial charge in [0.15, 0.2) is 5.82 Å². The number of hydrogen-bond donors (Lipinski definition) is 5. The van der Waals surface area contributed by atoms with Gasteiger partial charge in [0.1, 0.15) is 29.4 Å². The zero-order valence-corrected chi connectivity index (χ0v) is 19.0. The van der Waals surface area contributed by atoms with Gasteiger partial charge in [0, 0.05) is 6.07 Å². The van der Waals surface area contributed by atoms with Gasteiger partial charge in [0.2, 0.25) is 17.7 Å². The quantitative estimate of drug-likeness (QED) is 0.276. The average Bonchev–Trinajstić information content (AvgIpc) is 3.20. The number of ether oxygens (including phenoxy) is 2. The fourth-order valence-electron chi connectivity index (χ4n) is 2.61. The summed E-state index contributed by atoms with van der Waals surface area (Å²) < 4.78 is 24.2. The molecule has 0 saturated heterocycles. The Labute approximate surface area is 194 Å². The molecule has 2 atom stereocenters. The number of halogens is 2.